The Bertz CT molecular complexity index is 614. The third kappa shape index (κ3) is 3.37. The Balaban J connectivity index is 2.14. The summed E-state index contributed by atoms with van der Waals surface area (Å²) in [6.45, 7) is -0.0615. The van der Waals surface area contributed by atoms with Gasteiger partial charge in [0.2, 0.25) is 0 Å². The molecule has 0 spiro atoms. The summed E-state index contributed by atoms with van der Waals surface area (Å²) >= 11 is 0. The topological polar surface area (TPSA) is 48.1 Å². The Morgan fingerprint density at radius 1 is 1.15 bits per heavy atom. The Kier molecular flexibility index (Phi) is 3.78. The molecule has 0 fully saturated rings. The van der Waals surface area contributed by atoms with Crippen molar-refractivity contribution in [3.8, 4) is 5.75 Å². The second kappa shape index (κ2) is 5.36. The summed E-state index contributed by atoms with van der Waals surface area (Å²) in [5.74, 6) is -1.16. The lowest BCUT2D eigenvalue weighted by Gasteiger charge is -2.11. The van der Waals surface area contributed by atoms with Gasteiger partial charge in [-0.2, -0.15) is 13.2 Å². The second-order valence-electron chi connectivity index (χ2n) is 3.98. The minimum atomic E-state index is -4.77. The van der Waals surface area contributed by atoms with Crippen molar-refractivity contribution in [1.82, 2.24) is 4.98 Å². The summed E-state index contributed by atoms with van der Waals surface area (Å²) < 4.78 is 55.8. The molecule has 2 N–H and O–H groups in total. The average molecular weight is 286 g/mol. The van der Waals surface area contributed by atoms with Gasteiger partial charge in [0.25, 0.3) is 0 Å². The molecule has 1 aromatic heterocycles. The SMILES string of the molecule is Nc1cccc(COc2ccc(F)c(C(F)(F)F)c2)n1. The fraction of sp³-hybridized carbons (Fsp3) is 0.154. The number of aromatic nitrogens is 1. The Hall–Kier alpha value is -2.31. The summed E-state index contributed by atoms with van der Waals surface area (Å²) in [4.78, 5) is 3.93. The van der Waals surface area contributed by atoms with Gasteiger partial charge in [0.15, 0.2) is 0 Å². The van der Waals surface area contributed by atoms with Crippen LogP contribution in [0, 0.1) is 5.82 Å². The highest BCUT2D eigenvalue weighted by atomic mass is 19.4. The van der Waals surface area contributed by atoms with Crippen LogP contribution in [-0.2, 0) is 12.8 Å². The van der Waals surface area contributed by atoms with Gasteiger partial charge in [0.1, 0.15) is 24.0 Å². The number of nitrogens with zero attached hydrogens (tertiary/aromatic N) is 1. The lowest BCUT2D eigenvalue weighted by molar-refractivity contribution is -0.140. The van der Waals surface area contributed by atoms with Gasteiger partial charge in [-0.3, -0.25) is 0 Å². The molecular weight excluding hydrogens is 276 g/mol. The van der Waals surface area contributed by atoms with Crippen LogP contribution >= 0.6 is 0 Å². The molecule has 0 saturated heterocycles. The lowest BCUT2D eigenvalue weighted by atomic mass is 10.2. The van der Waals surface area contributed by atoms with Crippen molar-refractivity contribution in [1.29, 1.82) is 0 Å². The van der Waals surface area contributed by atoms with Crippen molar-refractivity contribution in [2.24, 2.45) is 0 Å². The first kappa shape index (κ1) is 14.1. The summed E-state index contributed by atoms with van der Waals surface area (Å²) in [5.41, 5.74) is 4.56. The molecule has 0 aliphatic carbocycles. The van der Waals surface area contributed by atoms with Gasteiger partial charge in [0, 0.05) is 0 Å². The maximum Gasteiger partial charge on any atom is 0.419 e. The Morgan fingerprint density at radius 3 is 2.55 bits per heavy atom. The van der Waals surface area contributed by atoms with Crippen molar-refractivity contribution in [3.05, 3.63) is 53.5 Å². The molecule has 20 heavy (non-hydrogen) atoms. The average Bonchev–Trinajstić information content (AvgIpc) is 2.36. The number of nitrogen functional groups attached to an aromatic ring is 1. The monoisotopic (exact) mass is 286 g/mol. The molecule has 106 valence electrons. The first-order valence-corrected chi connectivity index (χ1v) is 5.57. The van der Waals surface area contributed by atoms with E-state index in [0.717, 1.165) is 6.07 Å². The van der Waals surface area contributed by atoms with E-state index in [0.29, 0.717) is 17.8 Å². The van der Waals surface area contributed by atoms with Crippen LogP contribution in [-0.4, -0.2) is 4.98 Å². The number of alkyl halides is 3. The molecule has 0 saturated carbocycles. The van der Waals surface area contributed by atoms with E-state index in [2.05, 4.69) is 4.98 Å². The van der Waals surface area contributed by atoms with Crippen LogP contribution in [0.25, 0.3) is 0 Å². The normalized spacial score (nSPS) is 11.4. The summed E-state index contributed by atoms with van der Waals surface area (Å²) in [7, 11) is 0. The van der Waals surface area contributed by atoms with E-state index in [9.17, 15) is 17.6 Å². The fourth-order valence-electron chi connectivity index (χ4n) is 1.55. The van der Waals surface area contributed by atoms with Gasteiger partial charge < -0.3 is 10.5 Å². The van der Waals surface area contributed by atoms with Crippen LogP contribution in [0.4, 0.5) is 23.4 Å². The number of rotatable bonds is 3. The lowest BCUT2D eigenvalue weighted by Crippen LogP contribution is -2.08. The van der Waals surface area contributed by atoms with Gasteiger partial charge in [0.05, 0.1) is 11.3 Å². The standard InChI is InChI=1S/C13H10F4N2O/c14-11-5-4-9(6-10(11)13(15,16)17)20-7-8-2-1-3-12(18)19-8/h1-6H,7H2,(H2,18,19). The minimum absolute atomic E-state index is 0.0615. The maximum absolute atomic E-state index is 13.1. The summed E-state index contributed by atoms with van der Waals surface area (Å²) in [6, 6.07) is 7.28. The Labute approximate surface area is 112 Å². The minimum Gasteiger partial charge on any atom is -0.487 e. The highest BCUT2D eigenvalue weighted by Gasteiger charge is 2.34. The quantitative estimate of drug-likeness (QED) is 0.880. The summed E-state index contributed by atoms with van der Waals surface area (Å²) in [5, 5.41) is 0. The molecule has 2 rings (SSSR count). The number of ether oxygens (including phenoxy) is 1. The first-order valence-electron chi connectivity index (χ1n) is 5.57. The van der Waals surface area contributed by atoms with Gasteiger partial charge in [-0.25, -0.2) is 9.37 Å². The first-order chi connectivity index (χ1) is 9.36. The molecule has 0 unspecified atom stereocenters. The third-order valence-corrected chi connectivity index (χ3v) is 2.46. The van der Waals surface area contributed by atoms with E-state index < -0.39 is 17.6 Å². The molecule has 3 nitrogen and oxygen atoms in total. The number of nitrogens with two attached hydrogens (primary N) is 1. The van der Waals surface area contributed by atoms with E-state index in [4.69, 9.17) is 10.5 Å². The van der Waals surface area contributed by atoms with Crippen molar-refractivity contribution in [3.63, 3.8) is 0 Å². The van der Waals surface area contributed by atoms with Gasteiger partial charge in [-0.05, 0) is 30.3 Å². The van der Waals surface area contributed by atoms with Gasteiger partial charge in [-0.15, -0.1) is 0 Å². The number of hydrogen-bond acceptors (Lipinski definition) is 3. The molecule has 1 heterocycles. The maximum atomic E-state index is 13.1. The zero-order chi connectivity index (χ0) is 14.8. The van der Waals surface area contributed by atoms with Crippen molar-refractivity contribution < 1.29 is 22.3 Å². The van der Waals surface area contributed by atoms with Crippen LogP contribution < -0.4 is 10.5 Å². The predicted molar refractivity (Wildman–Crippen MR) is 64.4 cm³/mol. The van der Waals surface area contributed by atoms with Crippen molar-refractivity contribution >= 4 is 5.82 Å². The number of anilines is 1. The van der Waals surface area contributed by atoms with Crippen LogP contribution in [0.2, 0.25) is 0 Å². The molecule has 0 bridgehead atoms. The van der Waals surface area contributed by atoms with Crippen molar-refractivity contribution in [2.45, 2.75) is 12.8 Å². The largest absolute Gasteiger partial charge is 0.487 e. The zero-order valence-electron chi connectivity index (χ0n) is 10.1. The van der Waals surface area contributed by atoms with E-state index in [-0.39, 0.29) is 18.2 Å². The number of hydrogen-bond donors (Lipinski definition) is 1. The predicted octanol–water partition coefficient (Wildman–Crippen LogP) is 3.40. The number of halogens is 4. The molecule has 0 aliphatic heterocycles. The smallest absolute Gasteiger partial charge is 0.419 e. The van der Waals surface area contributed by atoms with Gasteiger partial charge in [-0.1, -0.05) is 6.07 Å². The van der Waals surface area contributed by atoms with E-state index in [1.54, 1.807) is 18.2 Å². The molecular formula is C13H10F4N2O. The van der Waals surface area contributed by atoms with E-state index in [1.807, 2.05) is 0 Å². The third-order valence-electron chi connectivity index (χ3n) is 2.46. The van der Waals surface area contributed by atoms with E-state index in [1.165, 1.54) is 0 Å². The molecule has 1 aromatic carbocycles. The fourth-order valence-corrected chi connectivity index (χ4v) is 1.55. The highest BCUT2D eigenvalue weighted by molar-refractivity contribution is 5.32. The summed E-state index contributed by atoms with van der Waals surface area (Å²) in [6.07, 6.45) is -4.77. The number of pyridine rings is 1. The van der Waals surface area contributed by atoms with Crippen molar-refractivity contribution in [2.75, 3.05) is 5.73 Å². The van der Waals surface area contributed by atoms with Crippen LogP contribution in [0.5, 0.6) is 5.75 Å². The molecule has 2 aromatic rings. The number of benzene rings is 1. The zero-order valence-corrected chi connectivity index (χ0v) is 10.1. The van der Waals surface area contributed by atoms with Crippen LogP contribution in [0.15, 0.2) is 36.4 Å². The Morgan fingerprint density at radius 2 is 1.90 bits per heavy atom. The van der Waals surface area contributed by atoms with Crippen LogP contribution in [0.3, 0.4) is 0 Å². The molecule has 0 aliphatic rings. The van der Waals surface area contributed by atoms with Crippen LogP contribution in [0.1, 0.15) is 11.3 Å². The van der Waals surface area contributed by atoms with Gasteiger partial charge >= 0.3 is 6.18 Å². The second-order valence-corrected chi connectivity index (χ2v) is 3.98. The van der Waals surface area contributed by atoms with E-state index >= 15 is 0 Å². The molecule has 0 radical (unpaired) electrons. The molecule has 7 heteroatoms. The molecule has 0 atom stereocenters. The highest BCUT2D eigenvalue weighted by Crippen LogP contribution is 2.33. The molecule has 0 amide bonds.